The van der Waals surface area contributed by atoms with Gasteiger partial charge in [-0.15, -0.1) is 0 Å². The summed E-state index contributed by atoms with van der Waals surface area (Å²) in [5.41, 5.74) is 2.80. The number of aliphatic imine (C=N–C) groups is 2. The lowest BCUT2D eigenvalue weighted by Gasteiger charge is -2.20. The van der Waals surface area contributed by atoms with Crippen LogP contribution in [-0.4, -0.2) is 48.0 Å². The van der Waals surface area contributed by atoms with Crippen LogP contribution in [0.1, 0.15) is 45.2 Å². The maximum absolute atomic E-state index is 13.8. The highest BCUT2D eigenvalue weighted by molar-refractivity contribution is 8.08. The Labute approximate surface area is 249 Å². The minimum atomic E-state index is -0.993. The van der Waals surface area contributed by atoms with Crippen LogP contribution in [-0.2, 0) is 9.53 Å². The molecule has 2 aliphatic rings. The Balaban J connectivity index is 1.77. The predicted octanol–water partition coefficient (Wildman–Crippen LogP) is 7.63. The quantitative estimate of drug-likeness (QED) is 0.304. The lowest BCUT2D eigenvalue weighted by atomic mass is 9.93. The van der Waals surface area contributed by atoms with Gasteiger partial charge in [-0.25, -0.2) is 14.2 Å². The minimum absolute atomic E-state index is 0.0229. The van der Waals surface area contributed by atoms with Crippen LogP contribution in [0.4, 0.5) is 10.1 Å². The Morgan fingerprint density at radius 2 is 2.12 bits per heavy atom. The van der Waals surface area contributed by atoms with Gasteiger partial charge in [0.1, 0.15) is 16.6 Å². The summed E-state index contributed by atoms with van der Waals surface area (Å²) >= 11 is 7.25. The van der Waals surface area contributed by atoms with Gasteiger partial charge in [0.05, 0.1) is 10.7 Å². The first-order valence-corrected chi connectivity index (χ1v) is 14.8. The number of halogens is 2. The molecule has 0 saturated carbocycles. The zero-order valence-electron chi connectivity index (χ0n) is 23.4. The van der Waals surface area contributed by atoms with E-state index in [1.807, 2.05) is 25.1 Å². The summed E-state index contributed by atoms with van der Waals surface area (Å²) in [6, 6.07) is 10.00. The summed E-state index contributed by atoms with van der Waals surface area (Å²) in [7, 11) is 1.65. The van der Waals surface area contributed by atoms with Gasteiger partial charge in [-0.2, -0.15) is 0 Å². The second kappa shape index (κ2) is 14.6. The highest BCUT2D eigenvalue weighted by atomic mass is 35.5. The number of hydrogen-bond donors (Lipinski definition) is 2. The van der Waals surface area contributed by atoms with Gasteiger partial charge in [0.2, 0.25) is 0 Å². The highest BCUT2D eigenvalue weighted by Crippen LogP contribution is 2.44. The van der Waals surface area contributed by atoms with Gasteiger partial charge in [0, 0.05) is 54.6 Å². The molecular weight excluding hydrogens is 563 g/mol. The van der Waals surface area contributed by atoms with E-state index in [0.717, 1.165) is 16.9 Å². The van der Waals surface area contributed by atoms with Crippen LogP contribution in [0.5, 0.6) is 0 Å². The van der Waals surface area contributed by atoms with Crippen molar-refractivity contribution < 1.29 is 19.0 Å². The van der Waals surface area contributed by atoms with Crippen LogP contribution in [0.2, 0.25) is 5.02 Å². The number of nitrogens with zero attached hydrogens (tertiary/aromatic N) is 3. The van der Waals surface area contributed by atoms with Gasteiger partial charge in [0.25, 0.3) is 0 Å². The number of aromatic nitrogens is 1. The van der Waals surface area contributed by atoms with Crippen molar-refractivity contribution in [3.05, 3.63) is 86.7 Å². The molecule has 2 aliphatic heterocycles. The molecule has 216 valence electrons. The van der Waals surface area contributed by atoms with Crippen LogP contribution in [0.3, 0.4) is 0 Å². The second-order valence-corrected chi connectivity index (χ2v) is 11.5. The normalized spacial score (nSPS) is 22.2. The fourth-order valence-corrected chi connectivity index (χ4v) is 5.99. The number of thioether (sulfide) groups is 1. The standard InChI is InChI=1S/C31H34ClFN4O3S/c1-19-8-13-27(36-21-10-11-24(33)23(32)18-21)37-30(35-15-6-16-40-3)22(17-19)26-12-9-20(2)28(29(41-26)31(38)39)25-7-4-5-14-34-25/h4-5,7,10-12,14,17-20H,6,8-9,13,15-16H2,1-3H3,(H,38,39)(H,35,36,37)/b22-17-. The van der Waals surface area contributed by atoms with Crippen LogP contribution in [0, 0.1) is 17.7 Å². The Kier molecular flexibility index (Phi) is 10.9. The van der Waals surface area contributed by atoms with Crippen molar-refractivity contribution in [2.75, 3.05) is 25.6 Å². The third-order valence-electron chi connectivity index (χ3n) is 6.75. The Hall–Kier alpha value is -3.27. The molecule has 1 aromatic carbocycles. The number of aliphatic carboxylic acids is 1. The molecule has 0 saturated heterocycles. The van der Waals surface area contributed by atoms with E-state index in [4.69, 9.17) is 26.3 Å². The lowest BCUT2D eigenvalue weighted by Crippen LogP contribution is -2.19. The SMILES string of the molecule is COCCCN=C1N=C(Nc2ccc(F)c(Cl)c2)CCC(C)/C=C\1C1=CCC(C)C(c2ccccn2)=C(C(=O)O)S1. The molecule has 0 bridgehead atoms. The number of carboxylic acid groups (broad SMARTS) is 1. The minimum Gasteiger partial charge on any atom is -0.477 e. The van der Waals surface area contributed by atoms with Crippen molar-refractivity contribution in [2.24, 2.45) is 21.8 Å². The van der Waals surface area contributed by atoms with Crippen LogP contribution in [0.15, 0.2) is 80.1 Å². The molecule has 2 aromatic rings. The third kappa shape index (κ3) is 8.15. The number of ether oxygens (including phenoxy) is 1. The molecule has 0 radical (unpaired) electrons. The first kappa shape index (κ1) is 30.7. The lowest BCUT2D eigenvalue weighted by molar-refractivity contribution is -0.131. The fraction of sp³-hybridized carbons (Fsp3) is 0.355. The number of amidine groups is 2. The van der Waals surface area contributed by atoms with E-state index >= 15 is 0 Å². The molecule has 41 heavy (non-hydrogen) atoms. The van der Waals surface area contributed by atoms with Gasteiger partial charge >= 0.3 is 5.97 Å². The van der Waals surface area contributed by atoms with Gasteiger partial charge in [-0.1, -0.05) is 55.4 Å². The second-order valence-electron chi connectivity index (χ2n) is 10.0. The molecular formula is C31H34ClFN4O3S. The summed E-state index contributed by atoms with van der Waals surface area (Å²) in [4.78, 5) is 27.9. The average molecular weight is 597 g/mol. The number of methoxy groups -OCH3 is 1. The van der Waals surface area contributed by atoms with E-state index < -0.39 is 11.8 Å². The Morgan fingerprint density at radius 3 is 2.83 bits per heavy atom. The Bertz CT molecular complexity index is 1420. The maximum Gasteiger partial charge on any atom is 0.342 e. The van der Waals surface area contributed by atoms with Crippen molar-refractivity contribution in [1.29, 1.82) is 0 Å². The average Bonchev–Trinajstić information content (AvgIpc) is 3.12. The third-order valence-corrected chi connectivity index (χ3v) is 8.25. The number of allylic oxidation sites excluding steroid dienone is 3. The van der Waals surface area contributed by atoms with Crippen molar-refractivity contribution >= 4 is 52.3 Å². The van der Waals surface area contributed by atoms with Crippen molar-refractivity contribution in [3.63, 3.8) is 0 Å². The summed E-state index contributed by atoms with van der Waals surface area (Å²) in [6.07, 6.45) is 8.69. The first-order valence-electron chi connectivity index (χ1n) is 13.6. The Morgan fingerprint density at radius 1 is 1.29 bits per heavy atom. The summed E-state index contributed by atoms with van der Waals surface area (Å²) in [5.74, 6) is -0.193. The largest absolute Gasteiger partial charge is 0.477 e. The number of carboxylic acids is 1. The van der Waals surface area contributed by atoms with E-state index in [-0.39, 0.29) is 21.8 Å². The van der Waals surface area contributed by atoms with Crippen molar-refractivity contribution in [1.82, 2.24) is 4.98 Å². The van der Waals surface area contributed by atoms with E-state index in [0.29, 0.717) is 61.0 Å². The van der Waals surface area contributed by atoms with Crippen LogP contribution >= 0.6 is 23.4 Å². The maximum atomic E-state index is 13.8. The molecule has 1 aromatic heterocycles. The smallest absolute Gasteiger partial charge is 0.342 e. The van der Waals surface area contributed by atoms with Crippen LogP contribution in [0.25, 0.3) is 5.57 Å². The number of nitrogens with one attached hydrogen (secondary N) is 1. The van der Waals surface area contributed by atoms with E-state index in [9.17, 15) is 14.3 Å². The molecule has 10 heteroatoms. The summed E-state index contributed by atoms with van der Waals surface area (Å²) in [5, 5.41) is 13.6. The number of carbonyl (C=O) groups is 1. The molecule has 0 aliphatic carbocycles. The summed E-state index contributed by atoms with van der Waals surface area (Å²) < 4.78 is 19.0. The zero-order valence-corrected chi connectivity index (χ0v) is 24.9. The highest BCUT2D eigenvalue weighted by Gasteiger charge is 2.29. The van der Waals surface area contributed by atoms with Crippen molar-refractivity contribution in [3.8, 4) is 0 Å². The molecule has 0 fully saturated rings. The molecule has 3 heterocycles. The number of rotatable bonds is 8. The molecule has 2 N–H and O–H groups in total. The predicted molar refractivity (Wildman–Crippen MR) is 166 cm³/mol. The molecule has 0 spiro atoms. The van der Waals surface area contributed by atoms with Crippen LogP contribution < -0.4 is 5.32 Å². The van der Waals surface area contributed by atoms with E-state index in [1.165, 1.54) is 23.9 Å². The monoisotopic (exact) mass is 596 g/mol. The van der Waals surface area contributed by atoms with E-state index in [1.54, 1.807) is 19.4 Å². The number of hydrogen-bond acceptors (Lipinski definition) is 6. The number of benzene rings is 1. The fourth-order valence-electron chi connectivity index (χ4n) is 4.64. The number of pyridine rings is 1. The molecule has 4 rings (SSSR count). The molecule has 0 amide bonds. The van der Waals surface area contributed by atoms with Gasteiger partial charge in [-0.3, -0.25) is 9.98 Å². The van der Waals surface area contributed by atoms with Gasteiger partial charge in [-0.05, 0) is 61.4 Å². The van der Waals surface area contributed by atoms with Crippen molar-refractivity contribution in [2.45, 2.75) is 39.5 Å². The van der Waals surface area contributed by atoms with Gasteiger partial charge in [0.15, 0.2) is 5.84 Å². The summed E-state index contributed by atoms with van der Waals surface area (Å²) in [6.45, 7) is 5.19. The molecule has 2 atom stereocenters. The molecule has 2 unspecified atom stereocenters. The van der Waals surface area contributed by atoms with E-state index in [2.05, 4.69) is 29.4 Å². The zero-order chi connectivity index (χ0) is 29.4. The number of anilines is 1. The molecule has 7 nitrogen and oxygen atoms in total. The first-order chi connectivity index (χ1) is 19.8. The van der Waals surface area contributed by atoms with Gasteiger partial charge < -0.3 is 15.2 Å². The topological polar surface area (TPSA) is 96.2 Å².